The fraction of sp³-hybridized carbons (Fsp3) is 1.00. The highest BCUT2D eigenvalue weighted by Gasteiger charge is 2.48. The first kappa shape index (κ1) is 9.20. The van der Waals surface area contributed by atoms with Crippen molar-refractivity contribution in [1.82, 2.24) is 5.32 Å². The molecule has 2 bridgehead atoms. The average Bonchev–Trinajstić information content (AvgIpc) is 1.87. The number of hydrogen-bond donors (Lipinski definition) is 1. The molecule has 1 aliphatic carbocycles. The molecular weight excluding hydrogens is 172 g/mol. The summed E-state index contributed by atoms with van der Waals surface area (Å²) in [5, 5.41) is 2.86. The Hall–Kier alpha value is 0.110. The van der Waals surface area contributed by atoms with Crippen LogP contribution in [0.5, 0.6) is 0 Å². The van der Waals surface area contributed by atoms with Crippen LogP contribution < -0.4 is 5.32 Å². The topological polar surface area (TPSA) is 12.0 Å². The van der Waals surface area contributed by atoms with E-state index >= 15 is 0 Å². The molecule has 0 aromatic rings. The maximum Gasteiger partial charge on any atom is 0.263 e. The second-order valence-electron chi connectivity index (χ2n) is 3.37. The van der Waals surface area contributed by atoms with E-state index in [0.29, 0.717) is 6.42 Å². The number of hydrogen-bond acceptors (Lipinski definition) is 1. The minimum atomic E-state index is -2.42. The van der Waals surface area contributed by atoms with Gasteiger partial charge in [-0.15, -0.1) is 12.4 Å². The Kier molecular flexibility index (Phi) is 2.40. The molecule has 0 radical (unpaired) electrons. The average molecular weight is 184 g/mol. The van der Waals surface area contributed by atoms with Gasteiger partial charge in [-0.2, -0.15) is 0 Å². The molecule has 0 spiro atoms. The molecule has 4 heteroatoms. The van der Waals surface area contributed by atoms with Gasteiger partial charge < -0.3 is 5.32 Å². The summed E-state index contributed by atoms with van der Waals surface area (Å²) in [7, 11) is 0. The molecule has 1 saturated carbocycles. The van der Waals surface area contributed by atoms with Crippen molar-refractivity contribution in [3.63, 3.8) is 0 Å². The fourth-order valence-electron chi connectivity index (χ4n) is 1.98. The number of halogens is 3. The number of rotatable bonds is 0. The Balaban J connectivity index is 0.000000605. The van der Waals surface area contributed by atoms with Gasteiger partial charge in [-0.3, -0.25) is 0 Å². The zero-order valence-corrected chi connectivity index (χ0v) is 6.96. The number of alkyl halides is 2. The molecule has 2 aliphatic heterocycles. The third-order valence-corrected chi connectivity index (χ3v) is 2.59. The highest BCUT2D eigenvalue weighted by molar-refractivity contribution is 5.85. The van der Waals surface area contributed by atoms with Crippen LogP contribution in [0, 0.1) is 5.92 Å². The first-order valence-corrected chi connectivity index (χ1v) is 3.80. The lowest BCUT2D eigenvalue weighted by atomic mass is 9.79. The second kappa shape index (κ2) is 2.87. The zero-order valence-electron chi connectivity index (χ0n) is 6.15. The van der Waals surface area contributed by atoms with Crippen molar-refractivity contribution in [3.8, 4) is 0 Å². The van der Waals surface area contributed by atoms with E-state index < -0.39 is 12.0 Å². The lowest BCUT2D eigenvalue weighted by Crippen LogP contribution is -2.56. The van der Waals surface area contributed by atoms with E-state index in [1.54, 1.807) is 0 Å². The van der Waals surface area contributed by atoms with Gasteiger partial charge in [-0.05, 0) is 25.3 Å². The van der Waals surface area contributed by atoms with E-state index in [4.69, 9.17) is 0 Å². The normalized spacial score (nSPS) is 39.8. The molecule has 66 valence electrons. The molecule has 0 aromatic heterocycles. The van der Waals surface area contributed by atoms with Crippen LogP contribution in [0.15, 0.2) is 0 Å². The summed E-state index contributed by atoms with van der Waals surface area (Å²) in [6, 6.07) is -0.516. The van der Waals surface area contributed by atoms with Crippen LogP contribution in [-0.2, 0) is 0 Å². The summed E-state index contributed by atoms with van der Waals surface area (Å²) < 4.78 is 25.7. The predicted molar refractivity (Wildman–Crippen MR) is 41.3 cm³/mol. The molecule has 2 unspecified atom stereocenters. The van der Waals surface area contributed by atoms with E-state index in [1.165, 1.54) is 0 Å². The highest BCUT2D eigenvalue weighted by atomic mass is 35.5. The van der Waals surface area contributed by atoms with Crippen molar-refractivity contribution in [2.24, 2.45) is 5.92 Å². The Labute approximate surface area is 71.0 Å². The lowest BCUT2D eigenvalue weighted by Gasteiger charge is -2.42. The Morgan fingerprint density at radius 2 is 2.00 bits per heavy atom. The summed E-state index contributed by atoms with van der Waals surface area (Å²) in [6.45, 7) is 0.806. The highest BCUT2D eigenvalue weighted by Crippen LogP contribution is 2.40. The van der Waals surface area contributed by atoms with Crippen LogP contribution in [0.3, 0.4) is 0 Å². The SMILES string of the molecule is Cl.FC1(F)CC2CCC1NC2. The van der Waals surface area contributed by atoms with Gasteiger partial charge in [-0.1, -0.05) is 0 Å². The van der Waals surface area contributed by atoms with Crippen molar-refractivity contribution in [1.29, 1.82) is 0 Å². The molecule has 2 atom stereocenters. The van der Waals surface area contributed by atoms with Gasteiger partial charge in [0.2, 0.25) is 0 Å². The maximum absolute atomic E-state index is 12.8. The van der Waals surface area contributed by atoms with Gasteiger partial charge in [-0.25, -0.2) is 8.78 Å². The molecule has 11 heavy (non-hydrogen) atoms. The van der Waals surface area contributed by atoms with Crippen LogP contribution in [0.1, 0.15) is 19.3 Å². The van der Waals surface area contributed by atoms with E-state index in [0.717, 1.165) is 13.0 Å². The first-order chi connectivity index (χ1) is 4.68. The summed E-state index contributed by atoms with van der Waals surface area (Å²) in [5.41, 5.74) is 0. The molecule has 0 aromatic carbocycles. The van der Waals surface area contributed by atoms with Crippen molar-refractivity contribution in [3.05, 3.63) is 0 Å². The summed E-state index contributed by atoms with van der Waals surface area (Å²) in [4.78, 5) is 0. The van der Waals surface area contributed by atoms with E-state index in [-0.39, 0.29) is 24.7 Å². The standard InChI is InChI=1S/C7H11F2N.ClH/c8-7(9)3-5-1-2-6(7)10-4-5;/h5-6,10H,1-4H2;1H. The molecule has 1 N–H and O–H groups in total. The van der Waals surface area contributed by atoms with Gasteiger partial charge in [0, 0.05) is 6.42 Å². The van der Waals surface area contributed by atoms with Crippen molar-refractivity contribution < 1.29 is 8.78 Å². The summed E-state index contributed by atoms with van der Waals surface area (Å²) in [5.74, 6) is -2.18. The minimum Gasteiger partial charge on any atom is -0.308 e. The smallest absolute Gasteiger partial charge is 0.263 e. The quantitative estimate of drug-likeness (QED) is 0.604. The number of fused-ring (bicyclic) bond motifs is 3. The summed E-state index contributed by atoms with van der Waals surface area (Å²) in [6.07, 6.45) is 1.77. The van der Waals surface area contributed by atoms with E-state index in [9.17, 15) is 8.78 Å². The lowest BCUT2D eigenvalue weighted by molar-refractivity contribution is -0.103. The molecular formula is C7H12ClF2N. The molecule has 2 saturated heterocycles. The second-order valence-corrected chi connectivity index (χ2v) is 3.37. The minimum absolute atomic E-state index is 0. The van der Waals surface area contributed by atoms with Gasteiger partial charge >= 0.3 is 0 Å². The van der Waals surface area contributed by atoms with Gasteiger partial charge in [0.15, 0.2) is 0 Å². The van der Waals surface area contributed by atoms with E-state index in [2.05, 4.69) is 5.32 Å². The monoisotopic (exact) mass is 183 g/mol. The molecule has 0 amide bonds. The van der Waals surface area contributed by atoms with Crippen LogP contribution in [0.2, 0.25) is 0 Å². The van der Waals surface area contributed by atoms with Crippen LogP contribution in [0.25, 0.3) is 0 Å². The maximum atomic E-state index is 12.8. The first-order valence-electron chi connectivity index (χ1n) is 3.80. The van der Waals surface area contributed by atoms with Gasteiger partial charge in [0.25, 0.3) is 5.92 Å². The Bertz CT molecular complexity index is 143. The molecule has 1 nitrogen and oxygen atoms in total. The molecule has 3 aliphatic rings. The Morgan fingerprint density at radius 1 is 1.27 bits per heavy atom. The number of piperidine rings is 2. The molecule has 3 fully saturated rings. The van der Waals surface area contributed by atoms with Crippen molar-refractivity contribution in [2.75, 3.05) is 6.54 Å². The van der Waals surface area contributed by atoms with Crippen molar-refractivity contribution in [2.45, 2.75) is 31.2 Å². The van der Waals surface area contributed by atoms with Crippen LogP contribution in [0.4, 0.5) is 8.78 Å². The van der Waals surface area contributed by atoms with Gasteiger partial charge in [0.1, 0.15) is 0 Å². The van der Waals surface area contributed by atoms with Crippen LogP contribution >= 0.6 is 12.4 Å². The third-order valence-electron chi connectivity index (χ3n) is 2.59. The van der Waals surface area contributed by atoms with Crippen LogP contribution in [-0.4, -0.2) is 18.5 Å². The predicted octanol–water partition coefficient (Wildman–Crippen LogP) is 1.82. The van der Waals surface area contributed by atoms with E-state index in [1.807, 2.05) is 0 Å². The largest absolute Gasteiger partial charge is 0.308 e. The fourth-order valence-corrected chi connectivity index (χ4v) is 1.98. The Morgan fingerprint density at radius 3 is 2.18 bits per heavy atom. The summed E-state index contributed by atoms with van der Waals surface area (Å²) >= 11 is 0. The van der Waals surface area contributed by atoms with Gasteiger partial charge in [0.05, 0.1) is 6.04 Å². The van der Waals surface area contributed by atoms with Crippen molar-refractivity contribution >= 4 is 12.4 Å². The zero-order chi connectivity index (χ0) is 7.19. The molecule has 2 heterocycles. The number of nitrogens with one attached hydrogen (secondary N) is 1. The molecule has 3 rings (SSSR count). The third kappa shape index (κ3) is 1.49.